The minimum atomic E-state index is -0.0415. The van der Waals surface area contributed by atoms with E-state index in [1.165, 1.54) is 0 Å². The van der Waals surface area contributed by atoms with Crippen LogP contribution in [0.2, 0.25) is 0 Å². The van der Waals surface area contributed by atoms with Crippen molar-refractivity contribution in [2.45, 2.75) is 39.5 Å². The first-order valence-electron chi connectivity index (χ1n) is 10.5. The molecule has 0 amide bonds. The molecule has 2 aliphatic heterocycles. The Morgan fingerprint density at radius 1 is 0.741 bits per heavy atom. The van der Waals surface area contributed by atoms with Gasteiger partial charge in [-0.25, -0.2) is 0 Å². The van der Waals surface area contributed by atoms with E-state index in [0.717, 1.165) is 78.2 Å². The van der Waals surface area contributed by atoms with Gasteiger partial charge in [0.05, 0.1) is 38.3 Å². The Hall–Kier alpha value is -1.18. The lowest BCUT2D eigenvalue weighted by atomic mass is 9.97. The molecule has 2 aliphatic rings. The van der Waals surface area contributed by atoms with E-state index < -0.39 is 0 Å². The maximum atomic E-state index is 11.7. The van der Waals surface area contributed by atoms with Gasteiger partial charge in [0.25, 0.3) is 0 Å². The highest BCUT2D eigenvalue weighted by Crippen LogP contribution is 2.19. The van der Waals surface area contributed by atoms with Gasteiger partial charge in [-0.3, -0.25) is 9.59 Å². The molecule has 0 atom stereocenters. The summed E-state index contributed by atoms with van der Waals surface area (Å²) in [6.07, 6.45) is 3.53. The van der Waals surface area contributed by atoms with Crippen molar-refractivity contribution in [1.82, 2.24) is 9.80 Å². The number of likely N-dealkylation sites (tertiary alicyclic amines) is 2. The quantitative estimate of drug-likeness (QED) is 0.418. The largest absolute Gasteiger partial charge is 0.466 e. The molecule has 27 heavy (non-hydrogen) atoms. The van der Waals surface area contributed by atoms with Crippen LogP contribution in [0.1, 0.15) is 39.5 Å². The molecule has 156 valence electrons. The molecule has 0 radical (unpaired) electrons. The van der Waals surface area contributed by atoms with E-state index in [9.17, 15) is 9.59 Å². The molecule has 0 spiro atoms. The fourth-order valence-electron chi connectivity index (χ4n) is 3.79. The predicted octanol–water partition coefficient (Wildman–Crippen LogP) is 1.55. The normalized spacial score (nSPS) is 20.5. The highest BCUT2D eigenvalue weighted by Gasteiger charge is 2.26. The lowest BCUT2D eigenvalue weighted by molar-refractivity contribution is -0.150. The number of hydrogen-bond donors (Lipinski definition) is 0. The van der Waals surface area contributed by atoms with Crippen LogP contribution >= 0.6 is 0 Å². The molecular formula is C20H36N2O5. The fourth-order valence-corrected chi connectivity index (χ4v) is 3.79. The summed E-state index contributed by atoms with van der Waals surface area (Å²) >= 11 is 0. The summed E-state index contributed by atoms with van der Waals surface area (Å²) in [4.78, 5) is 28.2. The van der Waals surface area contributed by atoms with Crippen LogP contribution in [-0.4, -0.2) is 87.4 Å². The third-order valence-corrected chi connectivity index (χ3v) is 5.52. The summed E-state index contributed by atoms with van der Waals surface area (Å²) in [7, 11) is 0. The number of esters is 2. The lowest BCUT2D eigenvalue weighted by Gasteiger charge is -2.31. The molecule has 0 aromatic rings. The highest BCUT2D eigenvalue weighted by molar-refractivity contribution is 5.72. The van der Waals surface area contributed by atoms with Crippen LogP contribution in [0.25, 0.3) is 0 Å². The molecule has 0 unspecified atom stereocenters. The zero-order valence-electron chi connectivity index (χ0n) is 17.0. The fraction of sp³-hybridized carbons (Fsp3) is 0.900. The van der Waals surface area contributed by atoms with Crippen LogP contribution < -0.4 is 0 Å². The lowest BCUT2D eigenvalue weighted by Crippen LogP contribution is -2.40. The minimum absolute atomic E-state index is 0.0415. The molecule has 0 bridgehead atoms. The van der Waals surface area contributed by atoms with Gasteiger partial charge >= 0.3 is 11.9 Å². The van der Waals surface area contributed by atoms with Gasteiger partial charge in [-0.1, -0.05) is 0 Å². The number of ether oxygens (including phenoxy) is 3. The third-order valence-electron chi connectivity index (χ3n) is 5.52. The Bertz CT molecular complexity index is 404. The van der Waals surface area contributed by atoms with E-state index >= 15 is 0 Å². The second-order valence-electron chi connectivity index (χ2n) is 7.35. The van der Waals surface area contributed by atoms with Crippen molar-refractivity contribution in [2.75, 3.05) is 65.7 Å². The first-order chi connectivity index (χ1) is 13.1. The summed E-state index contributed by atoms with van der Waals surface area (Å²) in [5, 5.41) is 0. The summed E-state index contributed by atoms with van der Waals surface area (Å²) in [6, 6.07) is 0. The molecule has 0 aromatic carbocycles. The van der Waals surface area contributed by atoms with Crippen LogP contribution in [0.4, 0.5) is 0 Å². The van der Waals surface area contributed by atoms with Crippen molar-refractivity contribution in [2.24, 2.45) is 11.8 Å². The van der Waals surface area contributed by atoms with Crippen molar-refractivity contribution in [3.05, 3.63) is 0 Å². The average molecular weight is 385 g/mol. The molecule has 0 saturated carbocycles. The highest BCUT2D eigenvalue weighted by atomic mass is 16.5. The topological polar surface area (TPSA) is 68.3 Å². The number of carbonyl (C=O) groups is 2. The van der Waals surface area contributed by atoms with Gasteiger partial charge in [0, 0.05) is 13.1 Å². The molecule has 2 fully saturated rings. The Kier molecular flexibility index (Phi) is 10.1. The first kappa shape index (κ1) is 22.1. The van der Waals surface area contributed by atoms with Gasteiger partial charge in [-0.2, -0.15) is 0 Å². The summed E-state index contributed by atoms with van der Waals surface area (Å²) < 4.78 is 16.0. The van der Waals surface area contributed by atoms with Gasteiger partial charge in [0.15, 0.2) is 0 Å². The number of hydrogen-bond acceptors (Lipinski definition) is 7. The van der Waals surface area contributed by atoms with Crippen molar-refractivity contribution >= 4 is 11.9 Å². The Labute approximate surface area is 163 Å². The molecule has 2 saturated heterocycles. The summed E-state index contributed by atoms with van der Waals surface area (Å²) in [6.45, 7) is 11.7. The van der Waals surface area contributed by atoms with E-state index in [-0.39, 0.29) is 23.8 Å². The van der Waals surface area contributed by atoms with E-state index in [1.807, 2.05) is 13.8 Å². The van der Waals surface area contributed by atoms with Crippen LogP contribution in [0.3, 0.4) is 0 Å². The summed E-state index contributed by atoms with van der Waals surface area (Å²) in [5.41, 5.74) is 0. The second kappa shape index (κ2) is 12.3. The monoisotopic (exact) mass is 384 g/mol. The van der Waals surface area contributed by atoms with Gasteiger partial charge in [0.1, 0.15) is 0 Å². The van der Waals surface area contributed by atoms with Crippen molar-refractivity contribution < 1.29 is 23.8 Å². The van der Waals surface area contributed by atoms with Gasteiger partial charge in [0.2, 0.25) is 0 Å². The van der Waals surface area contributed by atoms with Crippen LogP contribution in [0.5, 0.6) is 0 Å². The third kappa shape index (κ3) is 7.76. The van der Waals surface area contributed by atoms with Gasteiger partial charge in [-0.05, 0) is 65.7 Å². The minimum Gasteiger partial charge on any atom is -0.466 e. The molecule has 0 N–H and O–H groups in total. The standard InChI is InChI=1S/C20H36N2O5/c1-3-26-19(23)17-5-9-21(10-6-17)13-15-25-16-14-22-11-7-18(8-12-22)20(24)27-4-2/h17-18H,3-16H2,1-2H3. The molecule has 0 aliphatic carbocycles. The number of piperidine rings is 2. The number of rotatable bonds is 10. The summed E-state index contributed by atoms with van der Waals surface area (Å²) in [5.74, 6) is 0.0552. The molecule has 2 rings (SSSR count). The maximum absolute atomic E-state index is 11.7. The molecule has 7 heteroatoms. The van der Waals surface area contributed by atoms with Crippen molar-refractivity contribution in [3.63, 3.8) is 0 Å². The maximum Gasteiger partial charge on any atom is 0.309 e. The van der Waals surface area contributed by atoms with E-state index in [2.05, 4.69) is 9.80 Å². The van der Waals surface area contributed by atoms with Crippen LogP contribution in [0.15, 0.2) is 0 Å². The number of nitrogens with zero attached hydrogens (tertiary/aromatic N) is 2. The van der Waals surface area contributed by atoms with Crippen molar-refractivity contribution in [1.29, 1.82) is 0 Å². The Morgan fingerprint density at radius 3 is 1.44 bits per heavy atom. The molecule has 2 heterocycles. The van der Waals surface area contributed by atoms with Crippen LogP contribution in [-0.2, 0) is 23.8 Å². The predicted molar refractivity (Wildman–Crippen MR) is 102 cm³/mol. The molecule has 7 nitrogen and oxygen atoms in total. The van der Waals surface area contributed by atoms with E-state index in [1.54, 1.807) is 0 Å². The average Bonchev–Trinajstić information content (AvgIpc) is 2.69. The first-order valence-corrected chi connectivity index (χ1v) is 10.5. The Morgan fingerprint density at radius 2 is 1.11 bits per heavy atom. The van der Waals surface area contributed by atoms with E-state index in [4.69, 9.17) is 14.2 Å². The molecule has 0 aromatic heterocycles. The Balaban J connectivity index is 1.48. The van der Waals surface area contributed by atoms with Crippen LogP contribution in [0, 0.1) is 11.8 Å². The smallest absolute Gasteiger partial charge is 0.309 e. The zero-order valence-corrected chi connectivity index (χ0v) is 17.0. The SMILES string of the molecule is CCOC(=O)C1CCN(CCOCCN2CCC(C(=O)OCC)CC2)CC1. The van der Waals surface area contributed by atoms with Gasteiger partial charge in [-0.15, -0.1) is 0 Å². The van der Waals surface area contributed by atoms with E-state index in [0.29, 0.717) is 13.2 Å². The number of carbonyl (C=O) groups excluding carboxylic acids is 2. The second-order valence-corrected chi connectivity index (χ2v) is 7.35. The molecular weight excluding hydrogens is 348 g/mol. The van der Waals surface area contributed by atoms with Gasteiger partial charge < -0.3 is 24.0 Å². The zero-order chi connectivity index (χ0) is 19.5. The van der Waals surface area contributed by atoms with Crippen molar-refractivity contribution in [3.8, 4) is 0 Å².